The molecule has 0 fully saturated rings. The number of hydrogen-bond acceptors (Lipinski definition) is 13. The number of likely N-dealkylation sites (N-methyl/N-ethyl adjacent to an activating group) is 2. The number of pyridine rings is 2. The molecule has 4 N–H and O–H groups in total. The van der Waals surface area contributed by atoms with Crippen LogP contribution in [0.15, 0.2) is 119 Å². The van der Waals surface area contributed by atoms with Gasteiger partial charge in [-0.05, 0) is 35.4 Å². The van der Waals surface area contributed by atoms with Crippen molar-refractivity contribution in [3.05, 3.63) is 143 Å². The van der Waals surface area contributed by atoms with Gasteiger partial charge in [-0.25, -0.2) is 14.8 Å². The number of carboxylic acids is 1. The highest BCUT2D eigenvalue weighted by Crippen LogP contribution is 2.28. The van der Waals surface area contributed by atoms with Gasteiger partial charge in [0.15, 0.2) is 34.5 Å². The van der Waals surface area contributed by atoms with Crippen molar-refractivity contribution in [3.63, 3.8) is 0 Å². The summed E-state index contributed by atoms with van der Waals surface area (Å²) in [7, 11) is 3.23. The van der Waals surface area contributed by atoms with Gasteiger partial charge in [-0.2, -0.15) is 0 Å². The van der Waals surface area contributed by atoms with E-state index in [9.17, 15) is 19.2 Å². The van der Waals surface area contributed by atoms with Crippen molar-refractivity contribution in [2.24, 2.45) is 5.73 Å². The van der Waals surface area contributed by atoms with Crippen molar-refractivity contribution in [3.8, 4) is 11.5 Å². The molecule has 0 saturated heterocycles. The van der Waals surface area contributed by atoms with E-state index in [1.807, 2.05) is 60.7 Å². The van der Waals surface area contributed by atoms with Crippen LogP contribution in [0.1, 0.15) is 43.6 Å². The molecule has 0 unspecified atom stereocenters. The van der Waals surface area contributed by atoms with Crippen LogP contribution in [0.5, 0.6) is 11.5 Å². The van der Waals surface area contributed by atoms with Crippen LogP contribution in [0, 0.1) is 0 Å². The quantitative estimate of drug-likeness (QED) is 0.207. The second-order valence-electron chi connectivity index (χ2n) is 12.7. The molecular formula is C40H39ClN8O9. The molecule has 2 aromatic carbocycles. The summed E-state index contributed by atoms with van der Waals surface area (Å²) in [5.74, 6) is 1.06. The summed E-state index contributed by atoms with van der Waals surface area (Å²) in [6.45, 7) is 0.199. The molecule has 2 atom stereocenters. The van der Waals surface area contributed by atoms with Crippen LogP contribution in [0.3, 0.4) is 0 Å². The number of aromatic carboxylic acids is 1. The van der Waals surface area contributed by atoms with Crippen molar-refractivity contribution in [2.75, 3.05) is 37.1 Å². The number of ether oxygens (including phenoxy) is 2. The average molecular weight is 811 g/mol. The van der Waals surface area contributed by atoms with Crippen molar-refractivity contribution in [1.29, 1.82) is 0 Å². The SMILES string of the molecule is CN1C(=O)[C@@H](N)COc2cccnc21.CN1C(=O)[C@@H](NC(=O)c2cc(Cc3ccccc3)on2)COc2cccnc21.Cl.O=C(O)c1cc(Cc2ccccc2)on1. The number of halogens is 1. The zero-order valence-corrected chi connectivity index (χ0v) is 32.1. The van der Waals surface area contributed by atoms with E-state index in [0.717, 1.165) is 11.1 Å². The smallest absolute Gasteiger partial charge is 0.358 e. The summed E-state index contributed by atoms with van der Waals surface area (Å²) in [6.07, 6.45) is 4.27. The Morgan fingerprint density at radius 2 is 1.21 bits per heavy atom. The van der Waals surface area contributed by atoms with E-state index >= 15 is 0 Å². The minimum absolute atomic E-state index is 0. The summed E-state index contributed by atoms with van der Waals surface area (Å²) < 4.78 is 21.1. The molecule has 6 aromatic rings. The molecule has 17 nitrogen and oxygen atoms in total. The maximum atomic E-state index is 12.7. The summed E-state index contributed by atoms with van der Waals surface area (Å²) in [6, 6.07) is 27.9. The first-order valence-corrected chi connectivity index (χ1v) is 17.6. The van der Waals surface area contributed by atoms with Gasteiger partial charge in [0.1, 0.15) is 36.8 Å². The van der Waals surface area contributed by atoms with Gasteiger partial charge in [0.2, 0.25) is 5.91 Å². The third kappa shape index (κ3) is 10.6. The number of nitrogens with one attached hydrogen (secondary N) is 1. The highest BCUT2D eigenvalue weighted by Gasteiger charge is 2.32. The Balaban J connectivity index is 0.000000180. The maximum Gasteiger partial charge on any atom is 0.358 e. The molecule has 0 aliphatic carbocycles. The fraction of sp³-hybridized carbons (Fsp3) is 0.200. The predicted molar refractivity (Wildman–Crippen MR) is 211 cm³/mol. The van der Waals surface area contributed by atoms with E-state index in [-0.39, 0.29) is 48.8 Å². The normalized spacial score (nSPS) is 15.5. The number of carbonyl (C=O) groups excluding carboxylic acids is 3. The standard InChI is InChI=1S/C20H18N4O4.C11H9NO3.C9H11N3O2.ClH/c1-24-18-17(8-5-9-21-18)27-12-16(20(24)26)22-19(25)15-11-14(28-23-15)10-13-6-3-2-4-7-13;13-11(14)10-7-9(15-12-10)6-8-4-2-1-3-5-8;1-12-8-7(3-2-4-11-8)14-5-6(10)9(12)13;/h2-9,11,16H,10,12H2,1H3,(H,22,25);1-5,7H,6H2,(H,13,14);2-4,6H,5,10H2,1H3;1H/t16-;;6-;/m0.0./s1. The zero-order valence-electron chi connectivity index (χ0n) is 31.3. The van der Waals surface area contributed by atoms with Crippen LogP contribution in [-0.2, 0) is 22.4 Å². The van der Waals surface area contributed by atoms with Gasteiger partial charge >= 0.3 is 5.97 Å². The number of hydrogen-bond donors (Lipinski definition) is 3. The molecule has 6 heterocycles. The highest BCUT2D eigenvalue weighted by molar-refractivity contribution is 6.02. The van der Waals surface area contributed by atoms with Gasteiger partial charge < -0.3 is 34.7 Å². The van der Waals surface area contributed by atoms with Crippen LogP contribution < -0.4 is 30.3 Å². The number of nitrogens with two attached hydrogens (primary N) is 1. The Hall–Kier alpha value is -7.11. The molecule has 0 radical (unpaired) electrons. The molecule has 0 saturated carbocycles. The van der Waals surface area contributed by atoms with Gasteiger partial charge in [0.25, 0.3) is 11.8 Å². The molecule has 0 bridgehead atoms. The van der Waals surface area contributed by atoms with Gasteiger partial charge in [-0.3, -0.25) is 24.2 Å². The van der Waals surface area contributed by atoms with Crippen LogP contribution >= 0.6 is 12.4 Å². The molecule has 58 heavy (non-hydrogen) atoms. The monoisotopic (exact) mass is 810 g/mol. The number of anilines is 2. The lowest BCUT2D eigenvalue weighted by molar-refractivity contribution is -0.121. The van der Waals surface area contributed by atoms with Crippen molar-refractivity contribution < 1.29 is 42.8 Å². The highest BCUT2D eigenvalue weighted by atomic mass is 35.5. The molecule has 18 heteroatoms. The molecule has 0 spiro atoms. The fourth-order valence-electron chi connectivity index (χ4n) is 5.61. The number of carbonyl (C=O) groups is 4. The molecule has 8 rings (SSSR count). The minimum atomic E-state index is -1.07. The summed E-state index contributed by atoms with van der Waals surface area (Å²) in [4.78, 5) is 58.4. The Morgan fingerprint density at radius 1 is 0.724 bits per heavy atom. The predicted octanol–water partition coefficient (Wildman–Crippen LogP) is 3.96. The van der Waals surface area contributed by atoms with E-state index in [1.54, 1.807) is 56.8 Å². The Labute approximate surface area is 338 Å². The number of nitrogens with zero attached hydrogens (tertiary/aromatic N) is 6. The summed E-state index contributed by atoms with van der Waals surface area (Å²) >= 11 is 0. The zero-order chi connectivity index (χ0) is 40.3. The Bertz CT molecular complexity index is 2320. The van der Waals surface area contributed by atoms with Crippen molar-refractivity contribution in [2.45, 2.75) is 24.9 Å². The van der Waals surface area contributed by atoms with Gasteiger partial charge in [0.05, 0.1) is 0 Å². The topological polar surface area (TPSA) is 229 Å². The lowest BCUT2D eigenvalue weighted by Crippen LogP contribution is -2.49. The molecule has 4 aromatic heterocycles. The van der Waals surface area contributed by atoms with Gasteiger partial charge in [-0.15, -0.1) is 12.4 Å². The summed E-state index contributed by atoms with van der Waals surface area (Å²) in [5, 5.41) is 18.6. The third-order valence-corrected chi connectivity index (χ3v) is 8.55. The number of amides is 3. The maximum absolute atomic E-state index is 12.7. The molecule has 3 amide bonds. The average Bonchev–Trinajstić information content (AvgIpc) is 3.87. The van der Waals surface area contributed by atoms with Crippen LogP contribution in [0.4, 0.5) is 11.6 Å². The lowest BCUT2D eigenvalue weighted by Gasteiger charge is -2.19. The van der Waals surface area contributed by atoms with E-state index in [1.165, 1.54) is 15.9 Å². The molecule has 2 aliphatic rings. The number of fused-ring (bicyclic) bond motifs is 2. The third-order valence-electron chi connectivity index (χ3n) is 8.55. The van der Waals surface area contributed by atoms with Crippen LogP contribution in [0.2, 0.25) is 0 Å². The molecule has 300 valence electrons. The van der Waals surface area contributed by atoms with Crippen LogP contribution in [0.25, 0.3) is 0 Å². The van der Waals surface area contributed by atoms with E-state index in [4.69, 9.17) is 29.4 Å². The number of carboxylic acid groups (broad SMARTS) is 1. The first-order valence-electron chi connectivity index (χ1n) is 17.6. The second-order valence-corrected chi connectivity index (χ2v) is 12.7. The second kappa shape index (κ2) is 19.7. The first-order chi connectivity index (χ1) is 27.6. The van der Waals surface area contributed by atoms with Crippen molar-refractivity contribution in [1.82, 2.24) is 25.6 Å². The van der Waals surface area contributed by atoms with Crippen molar-refractivity contribution >= 4 is 47.7 Å². The Kier molecular flexibility index (Phi) is 14.2. The largest absolute Gasteiger partial charge is 0.488 e. The Morgan fingerprint density at radius 3 is 1.72 bits per heavy atom. The molecular weight excluding hydrogens is 772 g/mol. The van der Waals surface area contributed by atoms with E-state index in [2.05, 4.69) is 25.6 Å². The van der Waals surface area contributed by atoms with E-state index in [0.29, 0.717) is 47.5 Å². The number of benzene rings is 2. The van der Waals surface area contributed by atoms with Gasteiger partial charge in [0, 0.05) is 51.5 Å². The lowest BCUT2D eigenvalue weighted by atomic mass is 10.1. The van der Waals surface area contributed by atoms with Gasteiger partial charge in [-0.1, -0.05) is 71.0 Å². The number of aromatic nitrogens is 4. The summed E-state index contributed by atoms with van der Waals surface area (Å²) in [5.41, 5.74) is 7.77. The number of rotatable bonds is 7. The molecule has 2 aliphatic heterocycles. The first kappa shape index (κ1) is 42.0. The van der Waals surface area contributed by atoms with Crippen LogP contribution in [-0.4, -0.2) is 88.5 Å². The minimum Gasteiger partial charge on any atom is -0.488 e. The fourth-order valence-corrected chi connectivity index (χ4v) is 5.61. The van der Waals surface area contributed by atoms with E-state index < -0.39 is 24.0 Å².